The van der Waals surface area contributed by atoms with Crippen molar-refractivity contribution in [2.75, 3.05) is 7.11 Å². The summed E-state index contributed by atoms with van der Waals surface area (Å²) >= 11 is 14.4. The van der Waals surface area contributed by atoms with Crippen LogP contribution in [0, 0.1) is 0 Å². The number of carbonyl (C=O) groups excluding carboxylic acids is 1. The number of aliphatic hydroxyl groups excluding tert-OH is 1. The number of halogens is 4. The predicted molar refractivity (Wildman–Crippen MR) is 299 cm³/mol. The second kappa shape index (κ2) is 20.0. The van der Waals surface area contributed by atoms with Gasteiger partial charge >= 0.3 is 13.4 Å². The minimum Gasteiger partial charge on any atom is -0.456 e. The van der Waals surface area contributed by atoms with Crippen molar-refractivity contribution >= 4 is 91.3 Å². The van der Waals surface area contributed by atoms with E-state index in [1.807, 2.05) is 91.0 Å². The first-order chi connectivity index (χ1) is 37.1. The molecule has 2 N–H and O–H groups in total. The molecular formula is C62H47BCl2F2N3O6+. The molecular weight excluding hydrogens is 1000 g/mol. The molecule has 76 heavy (non-hydrogen) atoms. The number of hydrogen-bond acceptors (Lipinski definition) is 6. The maximum atomic E-state index is 15.8. The number of fused-ring (bicyclic) bond motifs is 8. The van der Waals surface area contributed by atoms with Gasteiger partial charge in [-0.3, -0.25) is 14.4 Å². The van der Waals surface area contributed by atoms with Gasteiger partial charge in [0.25, 0.3) is 11.1 Å². The van der Waals surface area contributed by atoms with E-state index in [2.05, 4.69) is 17.1 Å². The normalized spacial score (nSPS) is 14.6. The van der Waals surface area contributed by atoms with Gasteiger partial charge in [0.05, 0.1) is 27.0 Å². The lowest BCUT2D eigenvalue weighted by Gasteiger charge is -2.15. The molecule has 1 aliphatic heterocycles. The average Bonchev–Trinajstić information content (AvgIpc) is 3.96. The Bertz CT molecular complexity index is 4180. The van der Waals surface area contributed by atoms with Crippen LogP contribution in [0.3, 0.4) is 0 Å². The van der Waals surface area contributed by atoms with Gasteiger partial charge in [0.1, 0.15) is 16.9 Å². The first-order valence-corrected chi connectivity index (χ1v) is 26.1. The number of pyridine rings is 1. The number of rotatable bonds is 9. The summed E-state index contributed by atoms with van der Waals surface area (Å²) in [5.74, 6) is -0.388. The van der Waals surface area contributed by atoms with Crippen LogP contribution in [0.15, 0.2) is 171 Å². The third kappa shape index (κ3) is 8.36. The molecule has 3 aromatic heterocycles. The first-order valence-electron chi connectivity index (χ1n) is 25.4. The molecule has 0 fully saturated rings. The topological polar surface area (TPSA) is 118 Å². The van der Waals surface area contributed by atoms with Gasteiger partial charge in [-0.05, 0) is 128 Å². The molecule has 14 heteroatoms. The molecule has 3 aliphatic rings. The van der Waals surface area contributed by atoms with Crippen molar-refractivity contribution < 1.29 is 32.2 Å². The molecule has 10 aromatic rings. The van der Waals surface area contributed by atoms with Crippen LogP contribution in [0.5, 0.6) is 5.75 Å². The highest BCUT2D eigenvalue weighted by atomic mass is 35.5. The summed E-state index contributed by atoms with van der Waals surface area (Å²) in [6.07, 6.45) is 7.69. The summed E-state index contributed by atoms with van der Waals surface area (Å²) in [5.41, 5.74) is 10.8. The number of esters is 1. The van der Waals surface area contributed by atoms with Crippen molar-refractivity contribution in [1.29, 1.82) is 0 Å². The first kappa shape index (κ1) is 49.0. The van der Waals surface area contributed by atoms with E-state index in [9.17, 15) is 14.4 Å². The zero-order valence-electron chi connectivity index (χ0n) is 41.2. The number of aromatic nitrogens is 2. The predicted octanol–water partition coefficient (Wildman–Crippen LogP) is 13.6. The number of aryl methyl sites for hydroxylation is 4. The number of hydrogen-bond donors (Lipinski definition) is 2. The van der Waals surface area contributed by atoms with Crippen LogP contribution in [-0.2, 0) is 30.5 Å². The molecule has 0 atom stereocenters. The molecule has 0 radical (unpaired) electrons. The van der Waals surface area contributed by atoms with Gasteiger partial charge in [-0.1, -0.05) is 102 Å². The van der Waals surface area contributed by atoms with E-state index in [0.29, 0.717) is 69.2 Å². The smallest absolute Gasteiger partial charge is 0.456 e. The monoisotopic (exact) mass is 1050 g/mol. The number of allylic oxidation sites excluding steroid dienone is 2. The number of benzene rings is 7. The van der Waals surface area contributed by atoms with E-state index in [0.717, 1.165) is 105 Å². The second-order valence-electron chi connectivity index (χ2n) is 19.4. The fraction of sp³-hybridized carbons (Fsp3) is 0.161. The number of para-hydroxylation sites is 1. The summed E-state index contributed by atoms with van der Waals surface area (Å²) in [6, 6.07) is 43.1. The van der Waals surface area contributed by atoms with Gasteiger partial charge in [0.15, 0.2) is 11.4 Å². The van der Waals surface area contributed by atoms with Crippen LogP contribution in [-0.4, -0.2) is 45.3 Å². The number of H-pyrrole nitrogens is 1. The molecule has 7 aromatic carbocycles. The van der Waals surface area contributed by atoms with E-state index in [1.54, 1.807) is 30.3 Å². The largest absolute Gasteiger partial charge is 0.935 e. The fourth-order valence-corrected chi connectivity index (χ4v) is 12.4. The lowest BCUT2D eigenvalue weighted by Crippen LogP contribution is -2.31. The minimum absolute atomic E-state index is 0.0581. The summed E-state index contributed by atoms with van der Waals surface area (Å²) < 4.78 is 46.0. The second-order valence-corrected chi connectivity index (χ2v) is 20.2. The van der Waals surface area contributed by atoms with Gasteiger partial charge < -0.3 is 19.2 Å². The highest BCUT2D eigenvalue weighted by Crippen LogP contribution is 2.45. The number of nitrogens with zero attached hydrogens (tertiary/aromatic N) is 2. The number of ether oxygens (including phenoxy) is 1. The SMILES string of the molecule is CO.O=C(CCCc1ccc(-n2c(=O)c3ccc4oc5ccccc5c5ccc(c2=O)c3c45)cc1)Oc1cc(Cl)c(/C(=C2\C=C3CCCc4ccccc4C3=[N+]2B(F)F)c2cc3c([nH]2)-c2ccccc2CCC3)c(Cl)c1. The summed E-state index contributed by atoms with van der Waals surface area (Å²) in [6.45, 7) is 0. The zero-order chi connectivity index (χ0) is 52.4. The molecule has 0 saturated carbocycles. The fourth-order valence-electron chi connectivity index (χ4n) is 11.7. The van der Waals surface area contributed by atoms with Gasteiger partial charge in [-0.25, -0.2) is 17.7 Å². The molecule has 0 saturated heterocycles. The molecule has 4 heterocycles. The number of aromatic amines is 1. The van der Waals surface area contributed by atoms with E-state index in [1.165, 1.54) is 22.3 Å². The van der Waals surface area contributed by atoms with Crippen molar-refractivity contribution in [2.24, 2.45) is 0 Å². The quantitative estimate of drug-likeness (QED) is 0.0489. The van der Waals surface area contributed by atoms with Crippen molar-refractivity contribution in [3.05, 3.63) is 227 Å². The Morgan fingerprint density at radius 1 is 0.711 bits per heavy atom. The molecule has 2 aliphatic carbocycles. The van der Waals surface area contributed by atoms with Gasteiger partial charge in [-0.2, -0.15) is 0 Å². The number of carbonyl (C=O) groups is 1. The third-order valence-electron chi connectivity index (χ3n) is 15.0. The number of aliphatic hydroxyl groups is 1. The Morgan fingerprint density at radius 3 is 2.08 bits per heavy atom. The van der Waals surface area contributed by atoms with Gasteiger partial charge in [0, 0.05) is 86.6 Å². The molecule has 9 nitrogen and oxygen atoms in total. The highest BCUT2D eigenvalue weighted by Gasteiger charge is 2.48. The Morgan fingerprint density at radius 2 is 1.34 bits per heavy atom. The van der Waals surface area contributed by atoms with Crippen LogP contribution in [0.4, 0.5) is 8.63 Å². The Kier molecular flexibility index (Phi) is 12.9. The van der Waals surface area contributed by atoms with Crippen LogP contribution < -0.4 is 15.9 Å². The average molecular weight is 1050 g/mol. The Balaban J connectivity index is 0.00000288. The van der Waals surface area contributed by atoms with E-state index in [-0.39, 0.29) is 27.9 Å². The van der Waals surface area contributed by atoms with Crippen molar-refractivity contribution in [1.82, 2.24) is 9.55 Å². The molecule has 376 valence electrons. The number of nitrogens with one attached hydrogen (secondary N) is 1. The van der Waals surface area contributed by atoms with Gasteiger partial charge in [-0.15, -0.1) is 0 Å². The summed E-state index contributed by atoms with van der Waals surface area (Å²) in [7, 11) is -1.90. The van der Waals surface area contributed by atoms with Crippen molar-refractivity contribution in [3.63, 3.8) is 0 Å². The van der Waals surface area contributed by atoms with Crippen LogP contribution in [0.25, 0.3) is 66.0 Å². The maximum absolute atomic E-state index is 15.8. The van der Waals surface area contributed by atoms with E-state index < -0.39 is 24.5 Å². The van der Waals surface area contributed by atoms with Crippen molar-refractivity contribution in [2.45, 2.75) is 57.8 Å². The van der Waals surface area contributed by atoms with Crippen LogP contribution >= 0.6 is 23.2 Å². The zero-order valence-corrected chi connectivity index (χ0v) is 42.7. The Hall–Kier alpha value is -7.90. The summed E-state index contributed by atoms with van der Waals surface area (Å²) in [5, 5.41) is 11.2. The molecule has 0 amide bonds. The van der Waals surface area contributed by atoms with Gasteiger partial charge in [0.2, 0.25) is 0 Å². The molecule has 13 rings (SSSR count). The summed E-state index contributed by atoms with van der Waals surface area (Å²) in [4.78, 5) is 45.2. The highest BCUT2D eigenvalue weighted by molar-refractivity contribution is 6.39. The van der Waals surface area contributed by atoms with Crippen molar-refractivity contribution in [3.8, 4) is 22.7 Å². The minimum atomic E-state index is -2.90. The third-order valence-corrected chi connectivity index (χ3v) is 15.6. The standard InChI is InChI=1S/C61H42BCl2F2N3O5.CH4O/c63-47-32-40(73-53(70)21-7-10-34-22-24-39(25-23-34)68-60(71)45-27-26-44-43-19-5-6-20-51(43)74-52-29-28-46(61(68)72)54(45)55(44)52)33-48(64)56(47)57(49-30-37-15-8-13-35-11-1-3-17-41(35)58(37)67-49)50-31-38-16-9-14-36-12-2-4-18-42(36)59(38)69(50)62(65)66;1-2/h1-6,11-12,17-20,22-33H,7-10,13-16,21H2;2H,1H3/p+1. The maximum Gasteiger partial charge on any atom is 0.935 e. The molecule has 0 unspecified atom stereocenters. The van der Waals surface area contributed by atoms with E-state index >= 15 is 8.63 Å². The van der Waals surface area contributed by atoms with Crippen LogP contribution in [0.1, 0.15) is 71.2 Å². The van der Waals surface area contributed by atoms with Crippen LogP contribution in [0.2, 0.25) is 10.0 Å². The molecule has 0 spiro atoms. The Labute approximate surface area is 445 Å². The lowest BCUT2D eigenvalue weighted by molar-refractivity contribution is -0.340. The molecule has 0 bridgehead atoms. The van der Waals surface area contributed by atoms with E-state index in [4.69, 9.17) is 37.5 Å². The lowest BCUT2D eigenvalue weighted by atomic mass is 9.96.